The van der Waals surface area contributed by atoms with Crippen LogP contribution in [-0.2, 0) is 13.0 Å². The standard InChI is InChI=1S/C23H26N6O4/c1-16(23-25-21(26-33-23)13-17-5-3-2-4-6-17)28-11-9-27(10-12-28)15-19-8-7-18(22(24)30)14-20(19)29(31)32/h2-8,14,16H,9-13,15H2,1H3,(H2,24,30)/t16-/m0/s1. The van der Waals surface area contributed by atoms with Crippen molar-refractivity contribution >= 4 is 11.6 Å². The van der Waals surface area contributed by atoms with E-state index in [0.717, 1.165) is 31.7 Å². The molecule has 10 heteroatoms. The van der Waals surface area contributed by atoms with Crippen LogP contribution in [0.25, 0.3) is 0 Å². The number of carbonyl (C=O) groups is 1. The average Bonchev–Trinajstić information content (AvgIpc) is 3.28. The summed E-state index contributed by atoms with van der Waals surface area (Å²) in [5, 5.41) is 15.6. The van der Waals surface area contributed by atoms with Crippen LogP contribution in [0, 0.1) is 10.1 Å². The fourth-order valence-electron chi connectivity index (χ4n) is 4.01. The minimum absolute atomic E-state index is 0.0200. The monoisotopic (exact) mass is 450 g/mol. The van der Waals surface area contributed by atoms with E-state index in [1.54, 1.807) is 6.07 Å². The van der Waals surface area contributed by atoms with Gasteiger partial charge < -0.3 is 10.3 Å². The molecule has 0 saturated carbocycles. The molecule has 3 aromatic rings. The zero-order valence-corrected chi connectivity index (χ0v) is 18.4. The van der Waals surface area contributed by atoms with E-state index in [-0.39, 0.29) is 17.3 Å². The van der Waals surface area contributed by atoms with Crippen LogP contribution in [0.1, 0.15) is 46.2 Å². The number of piperazine rings is 1. The number of nitro benzene ring substituents is 1. The molecule has 1 aliphatic heterocycles. The number of hydrogen-bond acceptors (Lipinski definition) is 8. The first-order chi connectivity index (χ1) is 15.9. The van der Waals surface area contributed by atoms with Crippen LogP contribution in [0.2, 0.25) is 0 Å². The molecule has 4 rings (SSSR count). The van der Waals surface area contributed by atoms with E-state index < -0.39 is 10.8 Å². The Labute approximate surface area is 191 Å². The molecule has 0 unspecified atom stereocenters. The Balaban J connectivity index is 1.35. The van der Waals surface area contributed by atoms with Crippen molar-refractivity contribution in [1.29, 1.82) is 0 Å². The Bertz CT molecular complexity index is 1120. The van der Waals surface area contributed by atoms with E-state index in [4.69, 9.17) is 10.3 Å². The molecular formula is C23H26N6O4. The molecule has 0 spiro atoms. The molecule has 2 heterocycles. The zero-order chi connectivity index (χ0) is 23.4. The molecule has 33 heavy (non-hydrogen) atoms. The van der Waals surface area contributed by atoms with Gasteiger partial charge in [0.2, 0.25) is 11.8 Å². The predicted octanol–water partition coefficient (Wildman–Crippen LogP) is 2.55. The molecule has 1 aromatic heterocycles. The van der Waals surface area contributed by atoms with Crippen LogP contribution in [-0.4, -0.2) is 56.9 Å². The summed E-state index contributed by atoms with van der Waals surface area (Å²) in [6.45, 7) is 5.49. The number of benzene rings is 2. The first-order valence-corrected chi connectivity index (χ1v) is 10.8. The molecule has 1 fully saturated rings. The lowest BCUT2D eigenvalue weighted by Crippen LogP contribution is -2.46. The summed E-state index contributed by atoms with van der Waals surface area (Å²) in [7, 11) is 0. The van der Waals surface area contributed by atoms with Gasteiger partial charge in [0.05, 0.1) is 11.0 Å². The van der Waals surface area contributed by atoms with Crippen molar-refractivity contribution in [3.8, 4) is 0 Å². The summed E-state index contributed by atoms with van der Waals surface area (Å²) < 4.78 is 5.52. The molecule has 1 saturated heterocycles. The van der Waals surface area contributed by atoms with Crippen molar-refractivity contribution in [2.75, 3.05) is 26.2 Å². The summed E-state index contributed by atoms with van der Waals surface area (Å²) >= 11 is 0. The van der Waals surface area contributed by atoms with Crippen molar-refractivity contribution in [2.24, 2.45) is 5.73 Å². The second kappa shape index (κ2) is 9.88. The summed E-state index contributed by atoms with van der Waals surface area (Å²) in [5.74, 6) is 0.570. The van der Waals surface area contributed by atoms with Crippen molar-refractivity contribution in [3.05, 3.63) is 87.1 Å². The van der Waals surface area contributed by atoms with Crippen LogP contribution < -0.4 is 5.73 Å². The SMILES string of the molecule is C[C@@H](c1nc(Cc2ccccc2)no1)N1CCN(Cc2ccc(C(N)=O)cc2[N+](=O)[O-])CC1. The Hall–Kier alpha value is -3.63. The first kappa shape index (κ1) is 22.6. The Morgan fingerprint density at radius 3 is 2.58 bits per heavy atom. The van der Waals surface area contributed by atoms with E-state index in [1.807, 2.05) is 37.3 Å². The van der Waals surface area contributed by atoms with Crippen molar-refractivity contribution in [3.63, 3.8) is 0 Å². The maximum atomic E-state index is 11.5. The Morgan fingerprint density at radius 1 is 1.18 bits per heavy atom. The van der Waals surface area contributed by atoms with Gasteiger partial charge in [-0.3, -0.25) is 24.7 Å². The Kier molecular flexibility index (Phi) is 6.76. The van der Waals surface area contributed by atoms with Crippen molar-refractivity contribution < 1.29 is 14.2 Å². The minimum Gasteiger partial charge on any atom is -0.366 e. The van der Waals surface area contributed by atoms with Gasteiger partial charge in [0.25, 0.3) is 5.69 Å². The molecule has 10 nitrogen and oxygen atoms in total. The third kappa shape index (κ3) is 5.41. The molecule has 0 bridgehead atoms. The summed E-state index contributed by atoms with van der Waals surface area (Å²) in [4.78, 5) is 31.3. The van der Waals surface area contributed by atoms with Gasteiger partial charge in [-0.05, 0) is 18.6 Å². The third-order valence-corrected chi connectivity index (χ3v) is 5.96. The Morgan fingerprint density at radius 2 is 1.91 bits per heavy atom. The van der Waals surface area contributed by atoms with E-state index in [9.17, 15) is 14.9 Å². The van der Waals surface area contributed by atoms with Gasteiger partial charge in [-0.15, -0.1) is 0 Å². The fourth-order valence-corrected chi connectivity index (χ4v) is 4.01. The maximum Gasteiger partial charge on any atom is 0.274 e. The summed E-state index contributed by atoms with van der Waals surface area (Å²) in [5.41, 5.74) is 7.00. The van der Waals surface area contributed by atoms with Gasteiger partial charge in [-0.2, -0.15) is 4.98 Å². The highest BCUT2D eigenvalue weighted by Gasteiger charge is 2.27. The number of nitrogens with zero attached hydrogens (tertiary/aromatic N) is 5. The van der Waals surface area contributed by atoms with Crippen LogP contribution >= 0.6 is 0 Å². The lowest BCUT2D eigenvalue weighted by atomic mass is 10.1. The number of primary amides is 1. The number of hydrogen-bond donors (Lipinski definition) is 1. The normalized spacial score (nSPS) is 15.9. The molecule has 0 aliphatic carbocycles. The van der Waals surface area contributed by atoms with Crippen LogP contribution in [0.4, 0.5) is 5.69 Å². The van der Waals surface area contributed by atoms with Gasteiger partial charge >= 0.3 is 0 Å². The highest BCUT2D eigenvalue weighted by atomic mass is 16.6. The van der Waals surface area contributed by atoms with E-state index in [0.29, 0.717) is 30.2 Å². The fraction of sp³-hybridized carbons (Fsp3) is 0.348. The quantitative estimate of drug-likeness (QED) is 0.409. The highest BCUT2D eigenvalue weighted by Crippen LogP contribution is 2.25. The van der Waals surface area contributed by atoms with Gasteiger partial charge in [0, 0.05) is 56.3 Å². The van der Waals surface area contributed by atoms with Gasteiger partial charge in [-0.25, -0.2) is 0 Å². The van der Waals surface area contributed by atoms with Crippen LogP contribution in [0.3, 0.4) is 0 Å². The number of aromatic nitrogens is 2. The largest absolute Gasteiger partial charge is 0.366 e. The predicted molar refractivity (Wildman–Crippen MR) is 120 cm³/mol. The molecular weight excluding hydrogens is 424 g/mol. The molecule has 1 amide bonds. The molecule has 2 N–H and O–H groups in total. The number of carbonyl (C=O) groups excluding carboxylic acids is 1. The number of nitrogens with two attached hydrogens (primary N) is 1. The topological polar surface area (TPSA) is 132 Å². The lowest BCUT2D eigenvalue weighted by Gasteiger charge is -2.36. The molecule has 0 radical (unpaired) electrons. The van der Waals surface area contributed by atoms with Gasteiger partial charge in [0.15, 0.2) is 5.82 Å². The summed E-state index contributed by atoms with van der Waals surface area (Å²) in [6.07, 6.45) is 0.623. The van der Waals surface area contributed by atoms with Gasteiger partial charge in [0.1, 0.15) is 0 Å². The number of rotatable bonds is 8. The van der Waals surface area contributed by atoms with Gasteiger partial charge in [-0.1, -0.05) is 41.6 Å². The second-order valence-electron chi connectivity index (χ2n) is 8.16. The average molecular weight is 450 g/mol. The summed E-state index contributed by atoms with van der Waals surface area (Å²) in [6, 6.07) is 14.4. The highest BCUT2D eigenvalue weighted by molar-refractivity contribution is 5.93. The van der Waals surface area contributed by atoms with Crippen molar-refractivity contribution in [2.45, 2.75) is 25.9 Å². The first-order valence-electron chi connectivity index (χ1n) is 10.8. The second-order valence-corrected chi connectivity index (χ2v) is 8.16. The maximum absolute atomic E-state index is 11.5. The van der Waals surface area contributed by atoms with E-state index in [2.05, 4.69) is 19.9 Å². The molecule has 2 aromatic carbocycles. The third-order valence-electron chi connectivity index (χ3n) is 5.96. The number of nitro groups is 1. The van der Waals surface area contributed by atoms with Crippen molar-refractivity contribution in [1.82, 2.24) is 19.9 Å². The van der Waals surface area contributed by atoms with Crippen LogP contribution in [0.15, 0.2) is 53.1 Å². The molecule has 1 aliphatic rings. The van der Waals surface area contributed by atoms with E-state index in [1.165, 1.54) is 12.1 Å². The smallest absolute Gasteiger partial charge is 0.274 e. The lowest BCUT2D eigenvalue weighted by molar-refractivity contribution is -0.385. The minimum atomic E-state index is -0.680. The number of amides is 1. The molecule has 172 valence electrons. The van der Waals surface area contributed by atoms with Crippen LogP contribution in [0.5, 0.6) is 0 Å². The zero-order valence-electron chi connectivity index (χ0n) is 18.4. The molecule has 1 atom stereocenters. The van der Waals surface area contributed by atoms with E-state index >= 15 is 0 Å².